The van der Waals surface area contributed by atoms with Crippen LogP contribution in [0.15, 0.2) is 72.8 Å². The number of aliphatic carboxylic acids is 1. The maximum Gasteiger partial charge on any atom is 0.322 e. The predicted octanol–water partition coefficient (Wildman–Crippen LogP) is 6.71. The lowest BCUT2D eigenvalue weighted by atomic mass is 9.95. The van der Waals surface area contributed by atoms with E-state index >= 15 is 0 Å². The van der Waals surface area contributed by atoms with Gasteiger partial charge in [0.05, 0.1) is 15.9 Å². The highest BCUT2D eigenvalue weighted by Gasteiger charge is 2.23. The van der Waals surface area contributed by atoms with Gasteiger partial charge in [-0.3, -0.25) is 14.4 Å². The van der Waals surface area contributed by atoms with Gasteiger partial charge in [0.15, 0.2) is 11.6 Å². The van der Waals surface area contributed by atoms with Crippen molar-refractivity contribution in [3.63, 3.8) is 0 Å². The number of carbonyl (C=O) groups excluding carboxylic acids is 2. The summed E-state index contributed by atoms with van der Waals surface area (Å²) >= 11 is 1.37. The fraction of sp³-hybridized carbons (Fsp3) is 0.250. The highest BCUT2D eigenvalue weighted by molar-refractivity contribution is 7.17. The van der Waals surface area contributed by atoms with Gasteiger partial charge >= 0.3 is 5.97 Å². The van der Waals surface area contributed by atoms with E-state index in [1.807, 2.05) is 42.5 Å². The summed E-state index contributed by atoms with van der Waals surface area (Å²) in [6.07, 6.45) is 5.81. The minimum atomic E-state index is -1.13. The monoisotopic (exact) mass is 675 g/mol. The molecule has 0 spiro atoms. The van der Waals surface area contributed by atoms with Crippen LogP contribution in [-0.4, -0.2) is 59.5 Å². The summed E-state index contributed by atoms with van der Waals surface area (Å²) in [7, 11) is 0. The van der Waals surface area contributed by atoms with Crippen molar-refractivity contribution in [2.45, 2.75) is 51.7 Å². The summed E-state index contributed by atoms with van der Waals surface area (Å²) in [5, 5.41) is 25.7. The lowest BCUT2D eigenvalue weighted by Crippen LogP contribution is -2.29. The maximum absolute atomic E-state index is 12.7. The molecule has 0 radical (unpaired) electrons. The van der Waals surface area contributed by atoms with Gasteiger partial charge in [0, 0.05) is 27.6 Å². The van der Waals surface area contributed by atoms with Crippen molar-refractivity contribution in [1.82, 2.24) is 35.5 Å². The van der Waals surface area contributed by atoms with E-state index in [2.05, 4.69) is 36.6 Å². The van der Waals surface area contributed by atoms with E-state index in [0.717, 1.165) is 56.8 Å². The van der Waals surface area contributed by atoms with Crippen molar-refractivity contribution in [1.29, 1.82) is 0 Å². The van der Waals surface area contributed by atoms with Crippen LogP contribution in [0.2, 0.25) is 0 Å². The predicted molar refractivity (Wildman–Crippen MR) is 185 cm³/mol. The molecule has 0 saturated heterocycles. The third-order valence-electron chi connectivity index (χ3n) is 8.74. The van der Waals surface area contributed by atoms with Crippen molar-refractivity contribution in [2.24, 2.45) is 0 Å². The van der Waals surface area contributed by atoms with Gasteiger partial charge in [0.1, 0.15) is 24.7 Å². The highest BCUT2D eigenvalue weighted by Crippen LogP contribution is 2.38. The summed E-state index contributed by atoms with van der Waals surface area (Å²) in [5.41, 5.74) is 5.63. The Balaban J connectivity index is 1.17. The highest BCUT2D eigenvalue weighted by atomic mass is 32.1. The van der Waals surface area contributed by atoms with Crippen molar-refractivity contribution in [3.8, 4) is 39.0 Å². The molecular weight excluding hydrogens is 643 g/mol. The zero-order valence-corrected chi connectivity index (χ0v) is 27.5. The van der Waals surface area contributed by atoms with E-state index < -0.39 is 18.4 Å². The van der Waals surface area contributed by atoms with Gasteiger partial charge < -0.3 is 19.7 Å². The molecule has 0 atom stereocenters. The Morgan fingerprint density at radius 2 is 1.78 bits per heavy atom. The number of carbonyl (C=O) groups is 3. The number of amides is 1. The van der Waals surface area contributed by atoms with Crippen LogP contribution >= 0.6 is 11.3 Å². The van der Waals surface area contributed by atoms with E-state index in [1.54, 1.807) is 24.3 Å². The summed E-state index contributed by atoms with van der Waals surface area (Å²) in [4.78, 5) is 42.3. The Hall–Kier alpha value is -5.69. The van der Waals surface area contributed by atoms with Crippen LogP contribution < -0.4 is 10.1 Å². The molecule has 3 N–H and O–H groups in total. The minimum absolute atomic E-state index is 0.0246. The molecule has 6 aromatic rings. The van der Waals surface area contributed by atoms with Crippen LogP contribution in [0.5, 0.6) is 5.75 Å². The molecule has 12 nitrogen and oxygen atoms in total. The molecule has 3 aromatic heterocycles. The molecule has 7 rings (SSSR count). The van der Waals surface area contributed by atoms with Crippen LogP contribution in [0.4, 0.5) is 0 Å². The molecule has 248 valence electrons. The molecule has 1 fully saturated rings. The number of Topliss-reactive ketones (excluding diaryl/α,β-unsaturated/α-hetero) is 1. The summed E-state index contributed by atoms with van der Waals surface area (Å²) < 4.78 is 8.63. The fourth-order valence-corrected chi connectivity index (χ4v) is 7.29. The molecule has 0 bridgehead atoms. The molecule has 3 aromatic carbocycles. The second kappa shape index (κ2) is 13.8. The SMILES string of the molecule is CC(=O)c1ccc(-c2ccc(C(=O)NCC(=O)O)cc2COc2ccc(-c3nc4cc(-c5nnn[nH]5)ccc4n3C3CCCCC3)cc2)s1. The summed E-state index contributed by atoms with van der Waals surface area (Å²) in [6, 6.07) is 23.1. The molecule has 1 amide bonds. The number of nitrogens with one attached hydrogen (secondary N) is 2. The molecule has 1 aliphatic rings. The molecule has 0 unspecified atom stereocenters. The number of benzene rings is 3. The number of fused-ring (bicyclic) bond motifs is 1. The van der Waals surface area contributed by atoms with Gasteiger partial charge in [-0.25, -0.2) is 10.1 Å². The normalized spacial score (nSPS) is 13.4. The standard InChI is InChI=1S/C36H33N7O5S/c1-21(44)31-15-16-32(49-31)28-13-9-24(36(47)37-19-33(45)46)17-25(28)20-48-27-11-7-22(8-12-27)35-38-29-18-23(34-39-41-42-40-34)10-14-30(29)43(35)26-5-3-2-4-6-26/h7-18,26H,2-6,19-20H2,1H3,(H,37,47)(H,45,46)(H,39,40,41,42). The lowest BCUT2D eigenvalue weighted by molar-refractivity contribution is -0.135. The van der Waals surface area contributed by atoms with Gasteiger partial charge in [-0.1, -0.05) is 25.3 Å². The zero-order valence-electron chi connectivity index (χ0n) is 26.7. The van der Waals surface area contributed by atoms with Crippen molar-refractivity contribution in [2.75, 3.05) is 6.54 Å². The number of ether oxygens (including phenoxy) is 1. The first kappa shape index (κ1) is 31.9. The number of aromatic nitrogens is 6. The number of aromatic amines is 1. The van der Waals surface area contributed by atoms with Crippen LogP contribution in [-0.2, 0) is 11.4 Å². The number of carboxylic acids is 1. The summed E-state index contributed by atoms with van der Waals surface area (Å²) in [5.74, 6) is 0.457. The fourth-order valence-electron chi connectivity index (χ4n) is 6.33. The van der Waals surface area contributed by atoms with E-state index in [4.69, 9.17) is 14.8 Å². The lowest BCUT2D eigenvalue weighted by Gasteiger charge is -2.25. The Morgan fingerprint density at radius 3 is 2.49 bits per heavy atom. The summed E-state index contributed by atoms with van der Waals surface area (Å²) in [6.45, 7) is 1.18. The molecule has 3 heterocycles. The van der Waals surface area contributed by atoms with Gasteiger partial charge in [0.25, 0.3) is 5.91 Å². The quantitative estimate of drug-likeness (QED) is 0.127. The average Bonchev–Trinajstić information content (AvgIpc) is 3.91. The number of H-pyrrole nitrogens is 1. The van der Waals surface area contributed by atoms with Crippen LogP contribution in [0.25, 0.3) is 44.2 Å². The smallest absolute Gasteiger partial charge is 0.322 e. The Morgan fingerprint density at radius 1 is 0.980 bits per heavy atom. The Kier molecular flexibility index (Phi) is 8.99. The van der Waals surface area contributed by atoms with Crippen LogP contribution in [0.3, 0.4) is 0 Å². The number of ketones is 1. The maximum atomic E-state index is 12.7. The van der Waals surface area contributed by atoms with Crippen molar-refractivity contribution in [3.05, 3.63) is 88.8 Å². The number of tetrazole rings is 1. The Labute approximate surface area is 285 Å². The van der Waals surface area contributed by atoms with Gasteiger partial charge in [-0.15, -0.1) is 16.4 Å². The van der Waals surface area contributed by atoms with E-state index in [0.29, 0.717) is 28.1 Å². The first-order chi connectivity index (χ1) is 23.8. The van der Waals surface area contributed by atoms with E-state index in [1.165, 1.54) is 37.5 Å². The van der Waals surface area contributed by atoms with Crippen molar-refractivity contribution < 1.29 is 24.2 Å². The average molecular weight is 676 g/mol. The van der Waals surface area contributed by atoms with E-state index in [-0.39, 0.29) is 12.4 Å². The van der Waals surface area contributed by atoms with Gasteiger partial charge in [0.2, 0.25) is 0 Å². The second-order valence-electron chi connectivity index (χ2n) is 12.0. The molecule has 13 heteroatoms. The largest absolute Gasteiger partial charge is 0.489 e. The topological polar surface area (TPSA) is 165 Å². The zero-order chi connectivity index (χ0) is 33.9. The third kappa shape index (κ3) is 6.83. The van der Waals surface area contributed by atoms with Crippen LogP contribution in [0, 0.1) is 0 Å². The molecule has 1 saturated carbocycles. The van der Waals surface area contributed by atoms with E-state index in [9.17, 15) is 14.4 Å². The number of rotatable bonds is 11. The number of thiophene rings is 1. The van der Waals surface area contributed by atoms with Crippen LogP contribution in [0.1, 0.15) is 70.7 Å². The number of nitrogens with zero attached hydrogens (tertiary/aromatic N) is 5. The number of imidazole rings is 1. The Bertz CT molecular complexity index is 2150. The van der Waals surface area contributed by atoms with Gasteiger partial charge in [-0.05, 0) is 108 Å². The molecule has 0 aliphatic heterocycles. The van der Waals surface area contributed by atoms with Gasteiger partial charge in [-0.2, -0.15) is 0 Å². The number of hydrogen-bond acceptors (Lipinski definition) is 9. The first-order valence-electron chi connectivity index (χ1n) is 16.1. The van der Waals surface area contributed by atoms with Crippen molar-refractivity contribution >= 4 is 40.0 Å². The molecule has 1 aliphatic carbocycles. The third-order valence-corrected chi connectivity index (χ3v) is 9.96. The minimum Gasteiger partial charge on any atom is -0.489 e. The number of carboxylic acid groups (broad SMARTS) is 1. The molecule has 49 heavy (non-hydrogen) atoms. The number of hydrogen-bond donors (Lipinski definition) is 3. The first-order valence-corrected chi connectivity index (χ1v) is 16.9. The molecular formula is C36H33N7O5S. The second-order valence-corrected chi connectivity index (χ2v) is 13.1.